The number of carbonyl (C=O) groups is 2. The van der Waals surface area contributed by atoms with E-state index in [1.54, 1.807) is 30.3 Å². The maximum Gasteiger partial charge on any atom is 0.415 e. The number of nitrogens with one attached hydrogen (secondary N) is 1. The van der Waals surface area contributed by atoms with Gasteiger partial charge in [-0.3, -0.25) is 9.69 Å². The zero-order chi connectivity index (χ0) is 37.7. The van der Waals surface area contributed by atoms with Gasteiger partial charge in [-0.05, 0) is 69.2 Å². The zero-order valence-electron chi connectivity index (χ0n) is 31.4. The van der Waals surface area contributed by atoms with Crippen LogP contribution < -0.4 is 15.0 Å². The van der Waals surface area contributed by atoms with Crippen LogP contribution in [0.1, 0.15) is 85.4 Å². The summed E-state index contributed by atoms with van der Waals surface area (Å²) in [6.45, 7) is 18.6. The second-order valence-electron chi connectivity index (χ2n) is 14.9. The number of halogens is 2. The van der Waals surface area contributed by atoms with E-state index in [2.05, 4.69) is 53.1 Å². The number of alkyl halides is 1. The molecule has 3 aromatic rings. The molecule has 0 saturated heterocycles. The molecule has 1 heterocycles. The highest BCUT2D eigenvalue weighted by Gasteiger charge is 2.45. The summed E-state index contributed by atoms with van der Waals surface area (Å²) in [5, 5.41) is 17.0. The molecule has 1 atom stereocenters. The van der Waals surface area contributed by atoms with Crippen LogP contribution in [0.2, 0.25) is 5.02 Å². The molecule has 278 valence electrons. The van der Waals surface area contributed by atoms with E-state index in [1.807, 2.05) is 44.2 Å². The second-order valence-corrected chi connectivity index (χ2v) is 20.8. The summed E-state index contributed by atoms with van der Waals surface area (Å²) in [6, 6.07) is 18.9. The number of hydrogen-bond acceptors (Lipinski definition) is 6. The Morgan fingerprint density at radius 3 is 2.20 bits per heavy atom. The highest BCUT2D eigenvalue weighted by atomic mass is 35.5. The Labute approximate surface area is 316 Å². The third-order valence-corrected chi connectivity index (χ3v) is 16.6. The van der Waals surface area contributed by atoms with Gasteiger partial charge < -0.3 is 19.9 Å². The summed E-state index contributed by atoms with van der Waals surface area (Å²) in [6.07, 6.45) is 2.59. The molecule has 1 amide bonds. The van der Waals surface area contributed by atoms with E-state index in [0.29, 0.717) is 52.0 Å². The van der Waals surface area contributed by atoms with Crippen molar-refractivity contribution in [2.45, 2.75) is 96.6 Å². The normalized spacial score (nSPS) is 17.3. The summed E-state index contributed by atoms with van der Waals surface area (Å²) in [4.78, 5) is 28.8. The van der Waals surface area contributed by atoms with E-state index in [0.717, 1.165) is 21.3 Å². The van der Waals surface area contributed by atoms with Crippen molar-refractivity contribution in [2.24, 2.45) is 5.41 Å². The Hall–Kier alpha value is -3.33. The van der Waals surface area contributed by atoms with Gasteiger partial charge in [-0.25, -0.2) is 14.8 Å². The second kappa shape index (κ2) is 17.0. The van der Waals surface area contributed by atoms with Crippen molar-refractivity contribution >= 4 is 56.5 Å². The minimum atomic E-state index is -0.923. The van der Waals surface area contributed by atoms with Gasteiger partial charge in [-0.1, -0.05) is 109 Å². The third-order valence-electron chi connectivity index (χ3n) is 10.1. The molecule has 2 N–H and O–H groups in total. The average molecular weight is 758 g/mol. The maximum atomic E-state index is 13.8. The number of fused-ring (bicyclic) bond motifs is 1. The molecule has 0 bridgehead atoms. The van der Waals surface area contributed by atoms with Crippen LogP contribution in [-0.4, -0.2) is 51.5 Å². The van der Waals surface area contributed by atoms with Crippen LogP contribution in [0.3, 0.4) is 0 Å². The van der Waals surface area contributed by atoms with Gasteiger partial charge in [0.05, 0.1) is 17.6 Å². The Morgan fingerprint density at radius 2 is 1.63 bits per heavy atom. The number of carbonyl (C=O) groups excluding carboxylic acids is 2. The van der Waals surface area contributed by atoms with Gasteiger partial charge in [0.1, 0.15) is 30.4 Å². The van der Waals surface area contributed by atoms with Crippen LogP contribution >= 0.6 is 33.2 Å². The fourth-order valence-electron chi connectivity index (χ4n) is 6.93. The minimum Gasteiger partial charge on any atom is -0.506 e. The number of para-hydroxylation sites is 1. The molecule has 5 rings (SSSR count). The predicted octanol–water partition coefficient (Wildman–Crippen LogP) is 11.3. The molecule has 1 aliphatic heterocycles. The van der Waals surface area contributed by atoms with E-state index in [1.165, 1.54) is 11.0 Å². The quantitative estimate of drug-likeness (QED) is 0.167. The van der Waals surface area contributed by atoms with Crippen molar-refractivity contribution in [3.63, 3.8) is 0 Å². The van der Waals surface area contributed by atoms with Gasteiger partial charge in [0.2, 0.25) is 0 Å². The number of rotatable bonds is 9. The molecule has 3 aromatic carbocycles. The van der Waals surface area contributed by atoms with E-state index in [-0.39, 0.29) is 45.9 Å². The van der Waals surface area contributed by atoms with Gasteiger partial charge in [-0.15, -0.1) is 11.6 Å². The number of ether oxygens (including phenoxy) is 2. The first kappa shape index (κ1) is 40.4. The van der Waals surface area contributed by atoms with Gasteiger partial charge in [0.25, 0.3) is 0 Å². The van der Waals surface area contributed by atoms with Crippen LogP contribution in [0.15, 0.2) is 78.0 Å². The maximum absolute atomic E-state index is 13.8. The van der Waals surface area contributed by atoms with Crippen LogP contribution in [0, 0.1) is 5.41 Å². The SMILES string of the molecule is CC(C)S(C)(C(C)C)C(C)C.CC1(C)CC(=O)C2=C(C1)Nc1c(O)cccc1N(C(=O)OCCCl)C2c1ccc(OCc2ccccc2)cc1Cl. The molecule has 0 radical (unpaired) electrons. The fraction of sp³-hybridized carbons (Fsp3) is 0.463. The van der Waals surface area contributed by atoms with E-state index < -0.39 is 12.1 Å². The number of phenolic OH excluding ortho intramolecular Hbond substituents is 1. The molecule has 0 saturated carbocycles. The largest absolute Gasteiger partial charge is 0.506 e. The van der Waals surface area contributed by atoms with Crippen molar-refractivity contribution in [2.75, 3.05) is 29.0 Å². The Balaban J connectivity index is 0.000000459. The molecule has 2 aliphatic rings. The highest BCUT2D eigenvalue weighted by molar-refractivity contribution is 8.34. The lowest BCUT2D eigenvalue weighted by atomic mass is 9.73. The Kier molecular flexibility index (Phi) is 13.5. The number of anilines is 2. The van der Waals surface area contributed by atoms with Crippen molar-refractivity contribution in [1.82, 2.24) is 0 Å². The molecule has 1 aliphatic carbocycles. The fourth-order valence-corrected chi connectivity index (χ4v) is 10.5. The topological polar surface area (TPSA) is 88.1 Å². The first-order valence-electron chi connectivity index (χ1n) is 17.6. The number of ketones is 1. The lowest BCUT2D eigenvalue weighted by Gasteiger charge is -2.48. The molecule has 0 aromatic heterocycles. The molecular weight excluding hydrogens is 703 g/mol. The predicted molar refractivity (Wildman–Crippen MR) is 215 cm³/mol. The summed E-state index contributed by atoms with van der Waals surface area (Å²) >= 11 is 12.7. The monoisotopic (exact) mass is 756 g/mol. The van der Waals surface area contributed by atoms with Crippen LogP contribution in [-0.2, 0) is 16.1 Å². The van der Waals surface area contributed by atoms with Crippen LogP contribution in [0.25, 0.3) is 0 Å². The molecule has 0 fully saturated rings. The summed E-state index contributed by atoms with van der Waals surface area (Å²) < 4.78 is 11.5. The minimum absolute atomic E-state index is 0.0297. The van der Waals surface area contributed by atoms with Gasteiger partial charge in [0, 0.05) is 22.7 Å². The van der Waals surface area contributed by atoms with Crippen molar-refractivity contribution in [3.05, 3.63) is 94.1 Å². The number of benzene rings is 3. The molecule has 0 spiro atoms. The number of Topliss-reactive ketones (excluding diaryl/α,β-unsaturated/α-hetero) is 1. The van der Waals surface area contributed by atoms with Crippen molar-refractivity contribution in [1.29, 1.82) is 0 Å². The molecule has 7 nitrogen and oxygen atoms in total. The lowest BCUT2D eigenvalue weighted by Crippen LogP contribution is -2.40. The van der Waals surface area contributed by atoms with E-state index in [4.69, 9.17) is 32.7 Å². The summed E-state index contributed by atoms with van der Waals surface area (Å²) in [7, 11) is -0.389. The smallest absolute Gasteiger partial charge is 0.415 e. The number of phenols is 1. The van der Waals surface area contributed by atoms with Gasteiger partial charge >= 0.3 is 6.09 Å². The Morgan fingerprint density at radius 1 is 0.980 bits per heavy atom. The third kappa shape index (κ3) is 9.19. The molecule has 1 unspecified atom stereocenters. The van der Waals surface area contributed by atoms with Crippen molar-refractivity contribution < 1.29 is 24.2 Å². The number of amides is 1. The summed E-state index contributed by atoms with van der Waals surface area (Å²) in [5.74, 6) is 0.465. The highest BCUT2D eigenvalue weighted by Crippen LogP contribution is 2.57. The van der Waals surface area contributed by atoms with Crippen molar-refractivity contribution in [3.8, 4) is 11.5 Å². The number of nitrogens with zero attached hydrogens (tertiary/aromatic N) is 1. The lowest BCUT2D eigenvalue weighted by molar-refractivity contribution is -0.118. The molecular formula is C41H54Cl2N2O5S. The number of allylic oxidation sites excluding steroid dienone is 1. The van der Waals surface area contributed by atoms with Gasteiger partial charge in [-0.2, -0.15) is 0 Å². The number of aromatic hydroxyl groups is 1. The summed E-state index contributed by atoms with van der Waals surface area (Å²) in [5.41, 5.74) is 2.89. The molecule has 51 heavy (non-hydrogen) atoms. The van der Waals surface area contributed by atoms with Gasteiger partial charge in [0.15, 0.2) is 5.78 Å². The standard InChI is InChI=1S/C31H30Cl2N2O5.C10H24S/c1-31(2)16-23-27(26(37)17-31)29(21-12-11-20(15-22(21)33)40-18-19-7-4-3-5-8-19)35(30(38)39-14-13-32)24-9-6-10-25(36)28(24)34-23;1-8(2)11(7,9(3)4)10(5)6/h3-12,15,29,34,36H,13-14,16-18H2,1-2H3;8-10H,1-7H3. The van der Waals surface area contributed by atoms with E-state index in [9.17, 15) is 14.7 Å². The first-order valence-corrected chi connectivity index (χ1v) is 20.7. The first-order chi connectivity index (χ1) is 24.0. The van der Waals surface area contributed by atoms with Crippen LogP contribution in [0.4, 0.5) is 16.2 Å². The van der Waals surface area contributed by atoms with Crippen LogP contribution in [0.5, 0.6) is 11.5 Å². The molecule has 10 heteroatoms. The zero-order valence-corrected chi connectivity index (χ0v) is 33.7. The Bertz CT molecular complexity index is 1700. The average Bonchev–Trinajstić information content (AvgIpc) is 3.21. The number of hydrogen-bond donors (Lipinski definition) is 2. The van der Waals surface area contributed by atoms with E-state index >= 15 is 0 Å².